The summed E-state index contributed by atoms with van der Waals surface area (Å²) in [4.78, 5) is 50.7. The number of methoxy groups -OCH3 is 4. The first kappa shape index (κ1) is 19.8. The molecule has 0 N–H and O–H groups in total. The van der Waals surface area contributed by atoms with Gasteiger partial charge < -0.3 is 23.7 Å². The molecule has 0 aliphatic carbocycles. The summed E-state index contributed by atoms with van der Waals surface area (Å²) in [5.41, 5.74) is -2.99. The highest BCUT2D eigenvalue weighted by molar-refractivity contribution is 6.14. The molecule has 1 heterocycles. The monoisotopic (exact) mass is 379 g/mol. The predicted molar refractivity (Wildman–Crippen MR) is 87.8 cm³/mol. The lowest BCUT2D eigenvalue weighted by Gasteiger charge is -2.33. The number of hydrogen-bond donors (Lipinski definition) is 0. The van der Waals surface area contributed by atoms with Crippen molar-refractivity contribution in [2.24, 2.45) is 0 Å². The molecule has 144 valence electrons. The summed E-state index contributed by atoms with van der Waals surface area (Å²) >= 11 is 0. The molecule has 1 aromatic rings. The van der Waals surface area contributed by atoms with E-state index in [0.29, 0.717) is 0 Å². The van der Waals surface area contributed by atoms with E-state index < -0.39 is 41.1 Å². The molecule has 0 aromatic heterocycles. The van der Waals surface area contributed by atoms with Crippen LogP contribution in [-0.4, -0.2) is 58.0 Å². The van der Waals surface area contributed by atoms with Crippen molar-refractivity contribution in [2.75, 3.05) is 33.3 Å². The number of ether oxygens (including phenoxy) is 5. The van der Waals surface area contributed by atoms with E-state index in [0.717, 1.165) is 33.3 Å². The first-order valence-electron chi connectivity index (χ1n) is 7.51. The highest BCUT2D eigenvalue weighted by Gasteiger charge is 2.65. The molecule has 2 rings (SSSR count). The van der Waals surface area contributed by atoms with Gasteiger partial charge >= 0.3 is 29.6 Å². The van der Waals surface area contributed by atoms with Crippen LogP contribution in [0.25, 0.3) is 0 Å². The minimum absolute atomic E-state index is 0.160. The minimum Gasteiger partial charge on any atom is -0.464 e. The number of esters is 4. The summed E-state index contributed by atoms with van der Waals surface area (Å²) in [6.07, 6.45) is 0. The Bertz CT molecular complexity index is 784. The Kier molecular flexibility index (Phi) is 5.69. The van der Waals surface area contributed by atoms with Gasteiger partial charge in [0, 0.05) is 5.69 Å². The molecular formula is C17H17NO9. The molecule has 0 spiro atoms. The van der Waals surface area contributed by atoms with Gasteiger partial charge in [-0.1, -0.05) is 18.2 Å². The zero-order valence-electron chi connectivity index (χ0n) is 15.0. The van der Waals surface area contributed by atoms with Gasteiger partial charge in [0.25, 0.3) is 0 Å². The second kappa shape index (κ2) is 7.77. The van der Waals surface area contributed by atoms with Crippen LogP contribution in [0, 0.1) is 0 Å². The third-order valence-corrected chi connectivity index (χ3v) is 3.69. The molecule has 0 amide bonds. The molecule has 1 aliphatic heterocycles. The first-order valence-corrected chi connectivity index (χ1v) is 7.51. The number of anilines is 1. The van der Waals surface area contributed by atoms with Crippen LogP contribution in [0.5, 0.6) is 0 Å². The van der Waals surface area contributed by atoms with Crippen LogP contribution in [0.15, 0.2) is 41.8 Å². The van der Waals surface area contributed by atoms with Crippen LogP contribution in [0.1, 0.15) is 0 Å². The van der Waals surface area contributed by atoms with Gasteiger partial charge in [-0.05, 0) is 12.1 Å². The normalized spacial score (nSPS) is 14.9. The topological polar surface area (TPSA) is 118 Å². The molecule has 10 heteroatoms. The quantitative estimate of drug-likeness (QED) is 0.397. The fraction of sp³-hybridized carbons (Fsp3) is 0.294. The Morgan fingerprint density at radius 3 is 1.78 bits per heavy atom. The van der Waals surface area contributed by atoms with Crippen LogP contribution in [-0.2, 0) is 42.9 Å². The molecule has 0 radical (unpaired) electrons. The van der Waals surface area contributed by atoms with Crippen molar-refractivity contribution in [3.63, 3.8) is 0 Å². The maximum atomic E-state index is 12.6. The van der Waals surface area contributed by atoms with Crippen LogP contribution in [0.2, 0.25) is 0 Å². The van der Waals surface area contributed by atoms with E-state index in [4.69, 9.17) is 18.9 Å². The average molecular weight is 379 g/mol. The number of carbonyl (C=O) groups excluding carboxylic acids is 4. The number of carbonyl (C=O) groups is 4. The van der Waals surface area contributed by atoms with E-state index >= 15 is 0 Å². The van der Waals surface area contributed by atoms with Crippen LogP contribution in [0.3, 0.4) is 0 Å². The van der Waals surface area contributed by atoms with Gasteiger partial charge in [-0.15, -0.1) is 0 Å². The smallest absolute Gasteiger partial charge is 0.386 e. The molecule has 0 fully saturated rings. The van der Waals surface area contributed by atoms with Crippen LogP contribution >= 0.6 is 0 Å². The number of hydrogen-bond acceptors (Lipinski definition) is 10. The van der Waals surface area contributed by atoms with Crippen LogP contribution in [0.4, 0.5) is 5.69 Å². The second-order valence-electron chi connectivity index (χ2n) is 5.06. The summed E-state index contributed by atoms with van der Waals surface area (Å²) < 4.78 is 24.1. The van der Waals surface area contributed by atoms with E-state index in [-0.39, 0.29) is 5.69 Å². The van der Waals surface area contributed by atoms with E-state index in [9.17, 15) is 19.2 Å². The maximum absolute atomic E-state index is 12.6. The SMILES string of the molecule is COC(=O)C1=C(C(=O)OC)N(c2ccccc2)C(C(=O)OC)(C(=O)OC)O1. The number of nitrogens with zero attached hydrogens (tertiary/aromatic N) is 1. The highest BCUT2D eigenvalue weighted by Crippen LogP contribution is 2.41. The molecule has 1 aliphatic rings. The van der Waals surface area contributed by atoms with Gasteiger partial charge in [0.15, 0.2) is 5.70 Å². The van der Waals surface area contributed by atoms with Gasteiger partial charge in [-0.25, -0.2) is 19.2 Å². The molecule has 0 unspecified atom stereocenters. The number of benzene rings is 1. The van der Waals surface area contributed by atoms with Crippen molar-refractivity contribution in [1.82, 2.24) is 0 Å². The van der Waals surface area contributed by atoms with Crippen LogP contribution < -0.4 is 4.90 Å². The van der Waals surface area contributed by atoms with Crippen molar-refractivity contribution in [2.45, 2.75) is 5.72 Å². The standard InChI is InChI=1S/C17H17NO9/c1-23-13(19)11-12(14(20)24-2)27-17(15(21)25-3,16(22)26-4)18(11)10-8-6-5-7-9-10/h5-9H,1-4H3. The van der Waals surface area contributed by atoms with E-state index in [1.165, 1.54) is 12.1 Å². The summed E-state index contributed by atoms with van der Waals surface area (Å²) in [5.74, 6) is -5.30. The Hall–Kier alpha value is -3.56. The van der Waals surface area contributed by atoms with Crippen molar-refractivity contribution in [1.29, 1.82) is 0 Å². The molecule has 10 nitrogen and oxygen atoms in total. The van der Waals surface area contributed by atoms with Gasteiger partial charge in [0.05, 0.1) is 28.4 Å². The fourth-order valence-corrected chi connectivity index (χ4v) is 2.53. The van der Waals surface area contributed by atoms with E-state index in [1.807, 2.05) is 0 Å². The Balaban J connectivity index is 2.86. The number of rotatable bonds is 5. The zero-order chi connectivity index (χ0) is 20.2. The molecule has 0 saturated carbocycles. The minimum atomic E-state index is -2.63. The summed E-state index contributed by atoms with van der Waals surface area (Å²) in [7, 11) is 4.11. The van der Waals surface area contributed by atoms with Gasteiger partial charge in [-0.3, -0.25) is 4.90 Å². The Morgan fingerprint density at radius 2 is 1.33 bits per heavy atom. The molecule has 0 saturated heterocycles. The molecule has 1 aromatic carbocycles. The summed E-state index contributed by atoms with van der Waals surface area (Å²) in [6, 6.07) is 7.79. The molecule has 0 bridgehead atoms. The third-order valence-electron chi connectivity index (χ3n) is 3.69. The predicted octanol–water partition coefficient (Wildman–Crippen LogP) is 0.123. The van der Waals surface area contributed by atoms with Crippen molar-refractivity contribution >= 4 is 29.6 Å². The number of para-hydroxylation sites is 1. The van der Waals surface area contributed by atoms with Gasteiger partial charge in [0.2, 0.25) is 5.76 Å². The fourth-order valence-electron chi connectivity index (χ4n) is 2.53. The lowest BCUT2D eigenvalue weighted by Crippen LogP contribution is -2.60. The van der Waals surface area contributed by atoms with Crippen molar-refractivity contribution < 1.29 is 42.9 Å². The average Bonchev–Trinajstić information content (AvgIpc) is 3.09. The summed E-state index contributed by atoms with van der Waals surface area (Å²) in [6.45, 7) is 0. The van der Waals surface area contributed by atoms with Crippen molar-refractivity contribution in [3.8, 4) is 0 Å². The molecule has 27 heavy (non-hydrogen) atoms. The molecular weight excluding hydrogens is 362 g/mol. The zero-order valence-corrected chi connectivity index (χ0v) is 15.0. The van der Waals surface area contributed by atoms with E-state index in [2.05, 4.69) is 4.74 Å². The van der Waals surface area contributed by atoms with Gasteiger partial charge in [-0.2, -0.15) is 0 Å². The van der Waals surface area contributed by atoms with Gasteiger partial charge in [0.1, 0.15) is 0 Å². The summed E-state index contributed by atoms with van der Waals surface area (Å²) in [5, 5.41) is 0. The lowest BCUT2D eigenvalue weighted by atomic mass is 10.1. The molecule has 0 atom stereocenters. The maximum Gasteiger partial charge on any atom is 0.386 e. The van der Waals surface area contributed by atoms with E-state index in [1.54, 1.807) is 18.2 Å². The highest BCUT2D eigenvalue weighted by atomic mass is 16.6. The largest absolute Gasteiger partial charge is 0.464 e. The first-order chi connectivity index (χ1) is 12.9. The third kappa shape index (κ3) is 3.05. The lowest BCUT2D eigenvalue weighted by molar-refractivity contribution is -0.180. The Morgan fingerprint density at radius 1 is 0.815 bits per heavy atom. The Labute approximate surface area is 154 Å². The van der Waals surface area contributed by atoms with Crippen molar-refractivity contribution in [3.05, 3.63) is 41.8 Å². The second-order valence-corrected chi connectivity index (χ2v) is 5.06.